The van der Waals surface area contributed by atoms with Gasteiger partial charge in [-0.05, 0) is 60.5 Å². The Balaban J connectivity index is 1.60. The van der Waals surface area contributed by atoms with Crippen molar-refractivity contribution >= 4 is 62.0 Å². The molecule has 0 saturated heterocycles. The molecule has 1 heterocycles. The van der Waals surface area contributed by atoms with Crippen LogP contribution in [0.15, 0.2) is 66.7 Å². The van der Waals surface area contributed by atoms with E-state index in [1.807, 2.05) is 37.3 Å². The Morgan fingerprint density at radius 1 is 0.968 bits per heavy atom. The third-order valence-corrected chi connectivity index (χ3v) is 7.22. The van der Waals surface area contributed by atoms with E-state index in [9.17, 15) is 9.59 Å². The number of rotatable bonds is 5. The number of amides is 1. The highest BCUT2D eigenvalue weighted by atomic mass is 35.5. The quantitative estimate of drug-likeness (QED) is 0.290. The predicted octanol–water partition coefficient (Wildman–Crippen LogP) is 7.22. The topological polar surface area (TPSA) is 37.4 Å². The molecule has 1 amide bonds. The number of hydrogen-bond acceptors (Lipinski definition) is 3. The summed E-state index contributed by atoms with van der Waals surface area (Å²) >= 11 is 13.8. The Morgan fingerprint density at radius 2 is 1.68 bits per heavy atom. The van der Waals surface area contributed by atoms with Gasteiger partial charge in [0.2, 0.25) is 0 Å². The second-order valence-electron chi connectivity index (χ2n) is 7.32. The first-order valence-corrected chi connectivity index (χ1v) is 11.3. The van der Waals surface area contributed by atoms with Gasteiger partial charge in [0.05, 0.1) is 9.90 Å². The molecule has 1 aromatic heterocycles. The van der Waals surface area contributed by atoms with E-state index in [0.29, 0.717) is 20.5 Å². The van der Waals surface area contributed by atoms with Crippen molar-refractivity contribution in [3.05, 3.63) is 98.3 Å². The maximum Gasteiger partial charge on any atom is 0.258 e. The normalized spacial score (nSPS) is 11.0. The van der Waals surface area contributed by atoms with E-state index in [4.69, 9.17) is 23.2 Å². The van der Waals surface area contributed by atoms with E-state index >= 15 is 0 Å². The fourth-order valence-electron chi connectivity index (χ4n) is 3.42. The molecule has 156 valence electrons. The number of carbonyl (C=O) groups is 2. The van der Waals surface area contributed by atoms with E-state index in [1.54, 1.807) is 48.3 Å². The minimum Gasteiger partial charge on any atom is -0.311 e. The zero-order chi connectivity index (χ0) is 22.1. The first-order chi connectivity index (χ1) is 14.8. The second-order valence-corrected chi connectivity index (χ2v) is 9.19. The first kappa shape index (κ1) is 21.6. The maximum atomic E-state index is 13.0. The third-order valence-electron chi connectivity index (χ3n) is 5.25. The maximum absolute atomic E-state index is 13.0. The van der Waals surface area contributed by atoms with Crippen LogP contribution < -0.4 is 4.90 Å². The molecule has 0 saturated carbocycles. The standard InChI is InChI=1S/C25H19Cl2NO2S/c1-15-7-8-16(25(30)28(2)19-11-9-18(26)10-12-19)13-17(15)14-21(29)24-23(27)20-5-3-4-6-22(20)31-24/h3-13H,14H2,1-2H3. The fraction of sp³-hybridized carbons (Fsp3) is 0.120. The molecule has 3 nitrogen and oxygen atoms in total. The Labute approximate surface area is 194 Å². The summed E-state index contributed by atoms with van der Waals surface area (Å²) in [6, 6.07) is 20.2. The summed E-state index contributed by atoms with van der Waals surface area (Å²) in [6.07, 6.45) is 0.185. The highest BCUT2D eigenvalue weighted by molar-refractivity contribution is 7.21. The van der Waals surface area contributed by atoms with Crippen LogP contribution in [0.3, 0.4) is 0 Å². The zero-order valence-electron chi connectivity index (χ0n) is 17.0. The summed E-state index contributed by atoms with van der Waals surface area (Å²) in [4.78, 5) is 28.2. The van der Waals surface area contributed by atoms with Crippen molar-refractivity contribution in [2.24, 2.45) is 0 Å². The molecular weight excluding hydrogens is 449 g/mol. The van der Waals surface area contributed by atoms with E-state index < -0.39 is 0 Å². The molecule has 0 atom stereocenters. The largest absolute Gasteiger partial charge is 0.311 e. The molecule has 4 rings (SSSR count). The van der Waals surface area contributed by atoms with Crippen LogP contribution in [0.25, 0.3) is 10.1 Å². The number of aryl methyl sites for hydroxylation is 1. The Morgan fingerprint density at radius 3 is 2.39 bits per heavy atom. The smallest absolute Gasteiger partial charge is 0.258 e. The van der Waals surface area contributed by atoms with Crippen LogP contribution >= 0.6 is 34.5 Å². The number of benzene rings is 3. The molecule has 31 heavy (non-hydrogen) atoms. The number of carbonyl (C=O) groups excluding carboxylic acids is 2. The van der Waals surface area contributed by atoms with Gasteiger partial charge in [0.1, 0.15) is 0 Å². The minimum absolute atomic E-state index is 0.0510. The molecule has 0 unspecified atom stereocenters. The SMILES string of the molecule is Cc1ccc(C(=O)N(C)c2ccc(Cl)cc2)cc1CC(=O)c1sc2ccccc2c1Cl. The van der Waals surface area contributed by atoms with Crippen LogP contribution in [-0.2, 0) is 6.42 Å². The first-order valence-electron chi connectivity index (χ1n) is 9.68. The molecule has 4 aromatic rings. The lowest BCUT2D eigenvalue weighted by molar-refractivity contribution is 0.0983. The minimum atomic E-state index is -0.157. The van der Waals surface area contributed by atoms with Gasteiger partial charge in [0.15, 0.2) is 5.78 Å². The van der Waals surface area contributed by atoms with Gasteiger partial charge in [-0.1, -0.05) is 47.5 Å². The Hall–Kier alpha value is -2.66. The van der Waals surface area contributed by atoms with Gasteiger partial charge in [0.25, 0.3) is 5.91 Å². The lowest BCUT2D eigenvalue weighted by Crippen LogP contribution is -2.26. The van der Waals surface area contributed by atoms with Crippen molar-refractivity contribution < 1.29 is 9.59 Å². The number of anilines is 1. The van der Waals surface area contributed by atoms with Gasteiger partial charge in [-0.2, -0.15) is 0 Å². The Bertz CT molecular complexity index is 1290. The van der Waals surface area contributed by atoms with E-state index in [0.717, 1.165) is 26.9 Å². The number of hydrogen-bond donors (Lipinski definition) is 0. The van der Waals surface area contributed by atoms with Crippen LogP contribution in [0.4, 0.5) is 5.69 Å². The second kappa shape index (κ2) is 8.83. The van der Waals surface area contributed by atoms with Crippen molar-refractivity contribution in [3.8, 4) is 0 Å². The number of halogens is 2. The van der Waals surface area contributed by atoms with Gasteiger partial charge in [-0.25, -0.2) is 0 Å². The van der Waals surface area contributed by atoms with Gasteiger partial charge in [-0.3, -0.25) is 9.59 Å². The van der Waals surface area contributed by atoms with Crippen LogP contribution in [0, 0.1) is 6.92 Å². The van der Waals surface area contributed by atoms with Crippen molar-refractivity contribution in [2.45, 2.75) is 13.3 Å². The monoisotopic (exact) mass is 467 g/mol. The summed E-state index contributed by atoms with van der Waals surface area (Å²) in [6.45, 7) is 1.94. The average Bonchev–Trinajstić information content (AvgIpc) is 3.11. The van der Waals surface area contributed by atoms with Crippen LogP contribution in [0.1, 0.15) is 31.2 Å². The Kier molecular flexibility index (Phi) is 6.15. The third kappa shape index (κ3) is 4.38. The number of nitrogens with zero attached hydrogens (tertiary/aromatic N) is 1. The molecule has 0 aliphatic carbocycles. The molecule has 0 aliphatic heterocycles. The highest BCUT2D eigenvalue weighted by Gasteiger charge is 2.20. The van der Waals surface area contributed by atoms with Crippen LogP contribution in [0.2, 0.25) is 10.0 Å². The lowest BCUT2D eigenvalue weighted by atomic mass is 9.99. The molecule has 0 N–H and O–H groups in total. The molecule has 0 bridgehead atoms. The fourth-order valence-corrected chi connectivity index (χ4v) is 5.02. The summed E-state index contributed by atoms with van der Waals surface area (Å²) in [5, 5.41) is 2.00. The molecule has 0 aliphatic rings. The van der Waals surface area contributed by atoms with Gasteiger partial charge in [-0.15, -0.1) is 11.3 Å². The number of thiophene rings is 1. The molecule has 0 fully saturated rings. The van der Waals surface area contributed by atoms with Crippen molar-refractivity contribution in [1.29, 1.82) is 0 Å². The average molecular weight is 468 g/mol. The number of ketones is 1. The van der Waals surface area contributed by atoms with Crippen molar-refractivity contribution in [3.63, 3.8) is 0 Å². The zero-order valence-corrected chi connectivity index (χ0v) is 19.3. The van der Waals surface area contributed by atoms with Crippen LogP contribution in [0.5, 0.6) is 0 Å². The number of fused-ring (bicyclic) bond motifs is 1. The van der Waals surface area contributed by atoms with E-state index in [2.05, 4.69) is 0 Å². The van der Waals surface area contributed by atoms with Crippen LogP contribution in [-0.4, -0.2) is 18.7 Å². The summed E-state index contributed by atoms with van der Waals surface area (Å²) < 4.78 is 0.987. The molecule has 0 radical (unpaired) electrons. The molecular formula is C25H19Cl2NO2S. The summed E-state index contributed by atoms with van der Waals surface area (Å²) in [7, 11) is 1.72. The van der Waals surface area contributed by atoms with Crippen molar-refractivity contribution in [1.82, 2.24) is 0 Å². The van der Waals surface area contributed by atoms with Gasteiger partial charge < -0.3 is 4.90 Å². The summed E-state index contributed by atoms with van der Waals surface area (Å²) in [5.41, 5.74) is 3.03. The van der Waals surface area contributed by atoms with Gasteiger partial charge >= 0.3 is 0 Å². The lowest BCUT2D eigenvalue weighted by Gasteiger charge is -2.18. The van der Waals surface area contributed by atoms with Gasteiger partial charge in [0, 0.05) is 39.8 Å². The molecule has 0 spiro atoms. The van der Waals surface area contributed by atoms with E-state index in [1.165, 1.54) is 11.3 Å². The van der Waals surface area contributed by atoms with Crippen molar-refractivity contribution in [2.75, 3.05) is 11.9 Å². The molecule has 3 aromatic carbocycles. The predicted molar refractivity (Wildman–Crippen MR) is 130 cm³/mol. The van der Waals surface area contributed by atoms with E-state index in [-0.39, 0.29) is 18.1 Å². The molecule has 6 heteroatoms. The highest BCUT2D eigenvalue weighted by Crippen LogP contribution is 2.36. The summed E-state index contributed by atoms with van der Waals surface area (Å²) in [5.74, 6) is -0.208. The number of Topliss-reactive ketones (excluding diaryl/α,β-unsaturated/α-hetero) is 1.